The third-order valence-corrected chi connectivity index (χ3v) is 5.33. The zero-order valence-corrected chi connectivity index (χ0v) is 17.1. The quantitative estimate of drug-likeness (QED) is 0.662. The maximum Gasteiger partial charge on any atom is 0.278 e. The van der Waals surface area contributed by atoms with Crippen molar-refractivity contribution in [3.63, 3.8) is 0 Å². The van der Waals surface area contributed by atoms with Gasteiger partial charge in [-0.25, -0.2) is 4.68 Å². The summed E-state index contributed by atoms with van der Waals surface area (Å²) in [5, 5.41) is 11.1. The number of rotatable bonds is 4. The van der Waals surface area contributed by atoms with Gasteiger partial charge in [0.05, 0.1) is 31.6 Å². The lowest BCUT2D eigenvalue weighted by Gasteiger charge is -2.24. The van der Waals surface area contributed by atoms with Gasteiger partial charge >= 0.3 is 0 Å². The lowest BCUT2D eigenvalue weighted by atomic mass is 10.1. The van der Waals surface area contributed by atoms with E-state index in [0.717, 1.165) is 21.3 Å². The van der Waals surface area contributed by atoms with Crippen LogP contribution < -0.4 is 10.1 Å². The summed E-state index contributed by atoms with van der Waals surface area (Å²) in [4.78, 5) is 12.7. The van der Waals surface area contributed by atoms with Crippen LogP contribution in [0, 0.1) is 6.92 Å². The molecule has 0 saturated heterocycles. The van der Waals surface area contributed by atoms with Gasteiger partial charge in [0.2, 0.25) is 0 Å². The highest BCUT2D eigenvalue weighted by atomic mass is 79.9. The van der Waals surface area contributed by atoms with Gasteiger partial charge in [0.15, 0.2) is 5.69 Å². The maximum absolute atomic E-state index is 12.7. The van der Waals surface area contributed by atoms with Crippen LogP contribution in [0.3, 0.4) is 0 Å². The molecule has 0 bridgehead atoms. The molecule has 0 radical (unpaired) electrons. The number of hydrogen-bond donors (Lipinski definition) is 1. The summed E-state index contributed by atoms with van der Waals surface area (Å²) in [5.41, 5.74) is 3.76. The summed E-state index contributed by atoms with van der Waals surface area (Å²) < 4.78 is 13.7. The molecule has 0 aliphatic carbocycles. The van der Waals surface area contributed by atoms with Crippen molar-refractivity contribution in [1.82, 2.24) is 15.0 Å². The molecule has 0 fully saturated rings. The number of aryl methyl sites for hydroxylation is 1. The van der Waals surface area contributed by atoms with E-state index in [0.29, 0.717) is 17.9 Å². The number of carbonyl (C=O) groups excluding carboxylic acids is 1. The highest BCUT2D eigenvalue weighted by molar-refractivity contribution is 9.10. The Balaban J connectivity index is 1.50. The normalized spacial score (nSPS) is 15.8. The SMILES string of the molecule is COc1ccc([C@@H]2Cn3nnc(C(=O)Nc4ccc(C)cc4Br)c3CO2)cc1. The van der Waals surface area contributed by atoms with Crippen molar-refractivity contribution in [2.45, 2.75) is 26.2 Å². The van der Waals surface area contributed by atoms with Gasteiger partial charge in [-0.2, -0.15) is 0 Å². The molecule has 144 valence electrons. The second-order valence-corrected chi connectivity index (χ2v) is 7.43. The van der Waals surface area contributed by atoms with E-state index in [1.807, 2.05) is 49.4 Å². The highest BCUT2D eigenvalue weighted by Crippen LogP contribution is 2.29. The zero-order chi connectivity index (χ0) is 19.7. The fourth-order valence-electron chi connectivity index (χ4n) is 3.11. The Labute approximate surface area is 170 Å². The first-order chi connectivity index (χ1) is 13.5. The van der Waals surface area contributed by atoms with Crippen LogP contribution in [-0.4, -0.2) is 28.0 Å². The minimum Gasteiger partial charge on any atom is -0.497 e. The Hall–Kier alpha value is -2.71. The highest BCUT2D eigenvalue weighted by Gasteiger charge is 2.28. The van der Waals surface area contributed by atoms with E-state index >= 15 is 0 Å². The van der Waals surface area contributed by atoms with Gasteiger partial charge in [-0.3, -0.25) is 4.79 Å². The second kappa shape index (κ2) is 7.73. The van der Waals surface area contributed by atoms with Crippen molar-refractivity contribution in [2.75, 3.05) is 12.4 Å². The Kier molecular flexibility index (Phi) is 5.15. The summed E-state index contributed by atoms with van der Waals surface area (Å²) in [6.45, 7) is 2.75. The van der Waals surface area contributed by atoms with E-state index in [4.69, 9.17) is 9.47 Å². The number of benzene rings is 2. The van der Waals surface area contributed by atoms with E-state index < -0.39 is 0 Å². The number of halogens is 1. The molecule has 3 aromatic rings. The molecule has 1 aliphatic rings. The van der Waals surface area contributed by atoms with Crippen LogP contribution >= 0.6 is 15.9 Å². The number of fused-ring (bicyclic) bond motifs is 1. The Bertz CT molecular complexity index is 1020. The van der Waals surface area contributed by atoms with Gasteiger partial charge in [-0.15, -0.1) is 5.10 Å². The summed E-state index contributed by atoms with van der Waals surface area (Å²) in [5.74, 6) is 0.486. The molecule has 4 rings (SSSR count). The van der Waals surface area contributed by atoms with Crippen LogP contribution in [-0.2, 0) is 17.9 Å². The number of methoxy groups -OCH3 is 1. The number of anilines is 1. The fourth-order valence-corrected chi connectivity index (χ4v) is 3.70. The third kappa shape index (κ3) is 3.65. The maximum atomic E-state index is 12.7. The monoisotopic (exact) mass is 442 g/mol. The van der Waals surface area contributed by atoms with E-state index in [9.17, 15) is 4.79 Å². The number of carbonyl (C=O) groups is 1. The molecule has 1 amide bonds. The summed E-state index contributed by atoms with van der Waals surface area (Å²) >= 11 is 3.47. The van der Waals surface area contributed by atoms with Gasteiger partial charge in [-0.05, 0) is 58.2 Å². The Morgan fingerprint density at radius 3 is 2.79 bits per heavy atom. The lowest BCUT2D eigenvalue weighted by Crippen LogP contribution is -2.24. The Morgan fingerprint density at radius 1 is 1.29 bits per heavy atom. The molecule has 0 spiro atoms. The minimum atomic E-state index is -0.308. The van der Waals surface area contributed by atoms with E-state index in [1.165, 1.54) is 0 Å². The number of hydrogen-bond acceptors (Lipinski definition) is 5. The molecular weight excluding hydrogens is 424 g/mol. The largest absolute Gasteiger partial charge is 0.497 e. The molecule has 1 atom stereocenters. The molecule has 7 nitrogen and oxygen atoms in total. The van der Waals surface area contributed by atoms with Crippen LogP contribution in [0.4, 0.5) is 5.69 Å². The predicted octanol–water partition coefficient (Wildman–Crippen LogP) is 3.88. The second-order valence-electron chi connectivity index (χ2n) is 6.58. The van der Waals surface area contributed by atoms with Crippen LogP contribution in [0.5, 0.6) is 5.75 Å². The first-order valence-electron chi connectivity index (χ1n) is 8.80. The van der Waals surface area contributed by atoms with Crippen molar-refractivity contribution in [3.05, 3.63) is 69.5 Å². The van der Waals surface area contributed by atoms with Gasteiger partial charge in [0.25, 0.3) is 5.91 Å². The first kappa shape index (κ1) is 18.6. The summed E-state index contributed by atoms with van der Waals surface area (Å²) in [6.07, 6.45) is -0.151. The molecule has 0 unspecified atom stereocenters. The minimum absolute atomic E-state index is 0.151. The van der Waals surface area contributed by atoms with Gasteiger partial charge < -0.3 is 14.8 Å². The molecule has 1 aromatic heterocycles. The average molecular weight is 443 g/mol. The summed E-state index contributed by atoms with van der Waals surface area (Å²) in [6, 6.07) is 13.5. The van der Waals surface area contributed by atoms with Crippen LogP contribution in [0.15, 0.2) is 46.9 Å². The number of amides is 1. The summed E-state index contributed by atoms with van der Waals surface area (Å²) in [7, 11) is 1.63. The van der Waals surface area contributed by atoms with E-state index in [-0.39, 0.29) is 24.3 Å². The lowest BCUT2D eigenvalue weighted by molar-refractivity contribution is -0.00173. The third-order valence-electron chi connectivity index (χ3n) is 4.67. The number of aromatic nitrogens is 3. The van der Waals surface area contributed by atoms with E-state index in [1.54, 1.807) is 11.8 Å². The predicted molar refractivity (Wildman–Crippen MR) is 107 cm³/mol. The molecule has 0 saturated carbocycles. The Morgan fingerprint density at radius 2 is 2.07 bits per heavy atom. The van der Waals surface area contributed by atoms with Crippen molar-refractivity contribution >= 4 is 27.5 Å². The first-order valence-corrected chi connectivity index (χ1v) is 9.60. The molecule has 2 heterocycles. The van der Waals surface area contributed by atoms with Crippen molar-refractivity contribution < 1.29 is 14.3 Å². The molecule has 8 heteroatoms. The van der Waals surface area contributed by atoms with Crippen molar-refractivity contribution in [2.24, 2.45) is 0 Å². The fraction of sp³-hybridized carbons (Fsp3) is 0.250. The zero-order valence-electron chi connectivity index (χ0n) is 15.5. The van der Waals surface area contributed by atoms with Crippen molar-refractivity contribution in [1.29, 1.82) is 0 Å². The van der Waals surface area contributed by atoms with Crippen LogP contribution in [0.2, 0.25) is 0 Å². The molecule has 2 aromatic carbocycles. The molecule has 1 N–H and O–H groups in total. The van der Waals surface area contributed by atoms with Gasteiger partial charge in [0.1, 0.15) is 11.9 Å². The molecular formula is C20H19BrN4O3. The van der Waals surface area contributed by atoms with Crippen molar-refractivity contribution in [3.8, 4) is 5.75 Å². The molecule has 28 heavy (non-hydrogen) atoms. The number of nitrogens with one attached hydrogen (secondary N) is 1. The number of ether oxygens (including phenoxy) is 2. The van der Waals surface area contributed by atoms with Crippen LogP contribution in [0.25, 0.3) is 0 Å². The van der Waals surface area contributed by atoms with Gasteiger partial charge in [0, 0.05) is 4.47 Å². The number of nitrogens with zero attached hydrogens (tertiary/aromatic N) is 3. The standard InChI is InChI=1S/C20H19BrN4O3/c1-12-3-8-16(15(21)9-12)22-20(26)19-17-11-28-18(10-25(17)24-23-19)13-4-6-14(27-2)7-5-13/h3-9,18H,10-11H2,1-2H3,(H,22,26)/t18-/m0/s1. The molecule has 1 aliphatic heterocycles. The van der Waals surface area contributed by atoms with E-state index in [2.05, 4.69) is 31.6 Å². The smallest absolute Gasteiger partial charge is 0.278 e. The van der Waals surface area contributed by atoms with Gasteiger partial charge in [-0.1, -0.05) is 23.4 Å². The van der Waals surface area contributed by atoms with Crippen LogP contribution in [0.1, 0.15) is 33.4 Å². The average Bonchev–Trinajstić information content (AvgIpc) is 3.13. The topological polar surface area (TPSA) is 78.3 Å².